The number of unbranched alkanes of at least 4 members (excludes halogenated alkanes) is 6. The minimum Gasteiger partial charge on any atom is -0.463 e. The number of nitrogens with one attached hydrogen (secondary N) is 2. The summed E-state index contributed by atoms with van der Waals surface area (Å²) in [6.07, 6.45) is -0.0849. The molecule has 2 amide bonds. The van der Waals surface area contributed by atoms with E-state index in [-0.39, 0.29) is 24.8 Å². The van der Waals surface area contributed by atoms with Gasteiger partial charge in [0.25, 0.3) is 0 Å². The smallest absolute Gasteiger partial charge is 0.412 e. The van der Waals surface area contributed by atoms with E-state index in [1.165, 1.54) is 0 Å². The van der Waals surface area contributed by atoms with Gasteiger partial charge in [-0.15, -0.1) is 0 Å². The van der Waals surface area contributed by atoms with Crippen LogP contribution in [0.3, 0.4) is 0 Å². The van der Waals surface area contributed by atoms with Crippen LogP contribution < -0.4 is 16.3 Å². The van der Waals surface area contributed by atoms with Gasteiger partial charge in [0.05, 0.1) is 6.61 Å². The minimum atomic E-state index is -3.99. The highest BCUT2D eigenvalue weighted by Gasteiger charge is 2.60. The van der Waals surface area contributed by atoms with Crippen LogP contribution in [-0.4, -0.2) is 64.0 Å². The molecule has 0 spiro atoms. The molecule has 1 fully saturated rings. The minimum absolute atomic E-state index is 0.00946. The molecule has 242 valence electrons. The Balaban J connectivity index is 1.43. The number of hydrogen-bond donors (Lipinski definition) is 3. The monoisotopic (exact) mass is 622 g/mol. The van der Waals surface area contributed by atoms with Crippen LogP contribution in [0.2, 0.25) is 0 Å². The van der Waals surface area contributed by atoms with E-state index in [9.17, 15) is 24.3 Å². The van der Waals surface area contributed by atoms with Crippen LogP contribution in [0.1, 0.15) is 77.4 Å². The van der Waals surface area contributed by atoms with E-state index in [0.717, 1.165) is 37.2 Å². The highest BCUT2D eigenvalue weighted by molar-refractivity contribution is 5.90. The number of ether oxygens (including phenoxy) is 3. The van der Waals surface area contributed by atoms with E-state index in [1.807, 2.05) is 25.1 Å². The Labute approximate surface area is 254 Å². The van der Waals surface area contributed by atoms with Gasteiger partial charge in [0.2, 0.25) is 12.1 Å². The van der Waals surface area contributed by atoms with E-state index in [0.29, 0.717) is 43.1 Å². The van der Waals surface area contributed by atoms with Gasteiger partial charge in [0.15, 0.2) is 6.10 Å². The fourth-order valence-electron chi connectivity index (χ4n) is 4.57. The summed E-state index contributed by atoms with van der Waals surface area (Å²) in [6.45, 7) is 1.46. The van der Waals surface area contributed by atoms with Crippen molar-refractivity contribution in [3.05, 3.63) is 53.1 Å². The number of esters is 1. The van der Waals surface area contributed by atoms with Crippen LogP contribution in [0.4, 0.5) is 25.1 Å². The molecule has 3 rings (SSSR count). The molecule has 3 atom stereocenters. The molecule has 1 aliphatic rings. The third-order valence-electron chi connectivity index (χ3n) is 6.96. The van der Waals surface area contributed by atoms with Crippen LogP contribution in [0.25, 0.3) is 0 Å². The molecule has 2 heterocycles. The summed E-state index contributed by atoms with van der Waals surface area (Å²) >= 11 is 0. The number of carbonyl (C=O) groups is 3. The Bertz CT molecular complexity index is 1280. The lowest BCUT2D eigenvalue weighted by Gasteiger charge is -2.23. The first-order valence-electron chi connectivity index (χ1n) is 14.9. The van der Waals surface area contributed by atoms with Gasteiger partial charge < -0.3 is 24.6 Å². The second-order valence-electron chi connectivity index (χ2n) is 10.5. The number of alkyl halides is 2. The van der Waals surface area contributed by atoms with E-state index in [4.69, 9.17) is 14.2 Å². The van der Waals surface area contributed by atoms with E-state index < -0.39 is 48.7 Å². The number of carbonyl (C=O) groups excluding carboxylic acids is 3. The maximum absolute atomic E-state index is 15.1. The molecule has 1 aromatic heterocycles. The van der Waals surface area contributed by atoms with Crippen molar-refractivity contribution in [3.8, 4) is 0 Å². The average Bonchev–Trinajstić information content (AvgIpc) is 3.21. The fourth-order valence-corrected chi connectivity index (χ4v) is 4.57. The van der Waals surface area contributed by atoms with Crippen LogP contribution in [-0.2, 0) is 23.8 Å². The average molecular weight is 623 g/mol. The van der Waals surface area contributed by atoms with Gasteiger partial charge in [-0.25, -0.2) is 19.1 Å². The van der Waals surface area contributed by atoms with E-state index >= 15 is 8.78 Å². The number of aliphatic hydroxyl groups is 1. The number of anilines is 2. The van der Waals surface area contributed by atoms with Crippen molar-refractivity contribution in [1.29, 1.82) is 0 Å². The lowest BCUT2D eigenvalue weighted by molar-refractivity contribution is -0.150. The first kappa shape index (κ1) is 34.6. The van der Waals surface area contributed by atoms with Crippen molar-refractivity contribution in [2.75, 3.05) is 23.8 Å². The number of hydrogen-bond acceptors (Lipinski definition) is 9. The number of benzene rings is 1. The first-order chi connectivity index (χ1) is 21.1. The Kier molecular flexibility index (Phi) is 13.7. The van der Waals surface area contributed by atoms with Crippen molar-refractivity contribution >= 4 is 29.5 Å². The zero-order valence-electron chi connectivity index (χ0n) is 24.7. The zero-order chi connectivity index (χ0) is 32.0. The van der Waals surface area contributed by atoms with Gasteiger partial charge in [-0.2, -0.15) is 8.78 Å². The maximum Gasteiger partial charge on any atom is 0.412 e. The lowest BCUT2D eigenvalue weighted by Crippen LogP contribution is -2.42. The molecule has 1 aromatic carbocycles. The quantitative estimate of drug-likeness (QED) is 0.167. The van der Waals surface area contributed by atoms with Gasteiger partial charge in [-0.05, 0) is 37.5 Å². The van der Waals surface area contributed by atoms with E-state index in [1.54, 1.807) is 12.1 Å². The molecular formula is C30H40F2N4O8. The third-order valence-corrected chi connectivity index (χ3v) is 6.96. The SMILES string of the molecule is CCCCCCOC(=O)Nc1ccnc(=O)n1[C@@H]1O[C@H](COC(=O)CCCCCCC(=O)Nc2ccccc2)[C@@H](O)C1(F)F. The standard InChI is InChI=1S/C30H40F2N4O8/c1-2-3-4-12-19-42-29(41)35-23-17-18-33-28(40)36(23)27-30(31,32)26(39)22(44-27)20-43-25(38)16-11-6-5-10-15-24(37)34-21-13-8-7-9-14-21/h7-9,13-14,17-18,22,26-27,39H,2-6,10-12,15-16,19-20H2,1H3,(H,34,37)(H,35,41)/t22-,26-,27-/m1/s1. The summed E-state index contributed by atoms with van der Waals surface area (Å²) in [4.78, 5) is 52.3. The predicted octanol–water partition coefficient (Wildman–Crippen LogP) is 4.79. The first-order valence-corrected chi connectivity index (χ1v) is 14.9. The Hall–Kier alpha value is -3.91. The molecule has 3 N–H and O–H groups in total. The van der Waals surface area contributed by atoms with Crippen molar-refractivity contribution in [1.82, 2.24) is 9.55 Å². The van der Waals surface area contributed by atoms with Crippen LogP contribution in [0.5, 0.6) is 0 Å². The topological polar surface area (TPSA) is 158 Å². The Morgan fingerprint density at radius 2 is 1.68 bits per heavy atom. The summed E-state index contributed by atoms with van der Waals surface area (Å²) in [6, 6.07) is 10.2. The second kappa shape index (κ2) is 17.4. The molecule has 12 nitrogen and oxygen atoms in total. The predicted molar refractivity (Wildman–Crippen MR) is 156 cm³/mol. The third kappa shape index (κ3) is 10.4. The molecule has 1 aliphatic heterocycles. The van der Waals surface area contributed by atoms with Gasteiger partial charge in [-0.1, -0.05) is 57.2 Å². The normalized spacial score (nSPS) is 18.9. The lowest BCUT2D eigenvalue weighted by atomic mass is 10.1. The van der Waals surface area contributed by atoms with E-state index in [2.05, 4.69) is 15.6 Å². The number of aromatic nitrogens is 2. The summed E-state index contributed by atoms with van der Waals surface area (Å²) in [5, 5.41) is 15.3. The summed E-state index contributed by atoms with van der Waals surface area (Å²) in [7, 11) is 0. The summed E-state index contributed by atoms with van der Waals surface area (Å²) in [5.74, 6) is -5.13. The Morgan fingerprint density at radius 1 is 0.977 bits per heavy atom. The molecule has 0 saturated carbocycles. The zero-order valence-corrected chi connectivity index (χ0v) is 24.7. The van der Waals surface area contributed by atoms with Gasteiger partial charge in [0.1, 0.15) is 18.5 Å². The fraction of sp³-hybridized carbons (Fsp3) is 0.567. The highest BCUT2D eigenvalue weighted by atomic mass is 19.3. The number of para-hydroxylation sites is 1. The molecule has 1 saturated heterocycles. The number of nitrogens with zero attached hydrogens (tertiary/aromatic N) is 2. The van der Waals surface area contributed by atoms with Crippen molar-refractivity contribution in [2.45, 2.75) is 95.5 Å². The Morgan fingerprint density at radius 3 is 2.41 bits per heavy atom. The van der Waals surface area contributed by atoms with Gasteiger partial charge in [0, 0.05) is 24.7 Å². The number of amides is 2. The molecule has 44 heavy (non-hydrogen) atoms. The van der Waals surface area contributed by atoms with Crippen molar-refractivity contribution in [2.24, 2.45) is 0 Å². The maximum atomic E-state index is 15.1. The molecule has 14 heteroatoms. The summed E-state index contributed by atoms with van der Waals surface area (Å²) in [5.41, 5.74) is -0.434. The largest absolute Gasteiger partial charge is 0.463 e. The number of rotatable bonds is 17. The highest BCUT2D eigenvalue weighted by Crippen LogP contribution is 2.43. The van der Waals surface area contributed by atoms with Crippen LogP contribution >= 0.6 is 0 Å². The molecule has 0 unspecified atom stereocenters. The number of aliphatic hydroxyl groups excluding tert-OH is 1. The molecule has 2 aromatic rings. The van der Waals surface area contributed by atoms with Crippen LogP contribution in [0.15, 0.2) is 47.4 Å². The van der Waals surface area contributed by atoms with Gasteiger partial charge in [-0.3, -0.25) is 14.9 Å². The molecular weight excluding hydrogens is 582 g/mol. The van der Waals surface area contributed by atoms with Crippen molar-refractivity contribution < 1.29 is 42.5 Å². The molecule has 0 radical (unpaired) electrons. The number of halogens is 2. The van der Waals surface area contributed by atoms with Crippen LogP contribution in [0, 0.1) is 0 Å². The van der Waals surface area contributed by atoms with Gasteiger partial charge >= 0.3 is 23.7 Å². The summed E-state index contributed by atoms with van der Waals surface area (Å²) < 4.78 is 46.0. The second-order valence-corrected chi connectivity index (χ2v) is 10.5. The van der Waals surface area contributed by atoms with Crippen molar-refractivity contribution in [3.63, 3.8) is 0 Å². The molecule has 0 bridgehead atoms. The molecule has 0 aliphatic carbocycles.